The molecular formula is C9H11FIN5O2. The highest BCUT2D eigenvalue weighted by molar-refractivity contribution is 14.1. The molecule has 0 aromatic rings. The number of hydrogen-bond acceptors (Lipinski definition) is 5. The van der Waals surface area contributed by atoms with Crippen molar-refractivity contribution < 1.29 is 14.2 Å². The Balaban J connectivity index is 2.23. The zero-order valence-electron chi connectivity index (χ0n) is 9.23. The maximum Gasteiger partial charge on any atom is 0.192 e. The number of allylic oxidation sites excluding steroid dienone is 1. The summed E-state index contributed by atoms with van der Waals surface area (Å²) in [5, 5.41) is 13.3. The molecule has 18 heavy (non-hydrogen) atoms. The number of azide groups is 1. The predicted octanol–water partition coefficient (Wildman–Crippen LogP) is 1.34. The van der Waals surface area contributed by atoms with E-state index in [0.717, 1.165) is 0 Å². The number of aliphatic imine (C=N–C) groups is 1. The zero-order valence-corrected chi connectivity index (χ0v) is 11.4. The van der Waals surface area contributed by atoms with Crippen LogP contribution in [0.4, 0.5) is 4.39 Å². The molecule has 2 aliphatic rings. The number of rotatable bonds is 3. The van der Waals surface area contributed by atoms with Crippen molar-refractivity contribution in [3.05, 3.63) is 22.7 Å². The summed E-state index contributed by atoms with van der Waals surface area (Å²) >= 11 is 1.86. The monoisotopic (exact) mass is 367 g/mol. The molecule has 1 N–H and O–H groups in total. The summed E-state index contributed by atoms with van der Waals surface area (Å²) in [6.07, 6.45) is 0.841. The van der Waals surface area contributed by atoms with Gasteiger partial charge in [0.2, 0.25) is 0 Å². The van der Waals surface area contributed by atoms with Crippen molar-refractivity contribution in [2.75, 3.05) is 11.1 Å². The standard InChI is InChI=1S/C9H11FIN5O2/c10-7-6(17)8(16-3-1-2-13-5-16)18-9(7,4-11)14-15-12/h1-3,6-8,17H,4-5H2/t6-,7+,8-,9-/m1/s1. The number of hydrogen-bond donors (Lipinski definition) is 1. The van der Waals surface area contributed by atoms with E-state index in [1.54, 1.807) is 23.4 Å². The molecule has 0 bridgehead atoms. The Morgan fingerprint density at radius 2 is 2.56 bits per heavy atom. The molecule has 7 nitrogen and oxygen atoms in total. The molecule has 0 aliphatic carbocycles. The van der Waals surface area contributed by atoms with Crippen LogP contribution in [0.5, 0.6) is 0 Å². The van der Waals surface area contributed by atoms with Crippen LogP contribution in [-0.4, -0.2) is 51.5 Å². The van der Waals surface area contributed by atoms with E-state index in [1.807, 2.05) is 22.6 Å². The predicted molar refractivity (Wildman–Crippen MR) is 70.9 cm³/mol. The van der Waals surface area contributed by atoms with E-state index >= 15 is 0 Å². The topological polar surface area (TPSA) is 93.8 Å². The molecule has 2 aliphatic heterocycles. The van der Waals surface area contributed by atoms with Crippen LogP contribution in [0.25, 0.3) is 10.4 Å². The van der Waals surface area contributed by atoms with Gasteiger partial charge in [-0.3, -0.25) is 4.99 Å². The van der Waals surface area contributed by atoms with Gasteiger partial charge in [-0.15, -0.1) is 0 Å². The Bertz CT molecular complexity index is 427. The van der Waals surface area contributed by atoms with Gasteiger partial charge < -0.3 is 14.7 Å². The summed E-state index contributed by atoms with van der Waals surface area (Å²) in [5.74, 6) is 0. The van der Waals surface area contributed by atoms with Gasteiger partial charge in [0, 0.05) is 21.8 Å². The number of nitrogens with zero attached hydrogens (tertiary/aromatic N) is 5. The molecule has 0 unspecified atom stereocenters. The zero-order chi connectivity index (χ0) is 13.2. The van der Waals surface area contributed by atoms with Crippen LogP contribution in [0.3, 0.4) is 0 Å². The van der Waals surface area contributed by atoms with E-state index in [2.05, 4.69) is 15.0 Å². The minimum atomic E-state index is -1.77. The fourth-order valence-corrected chi connectivity index (χ4v) is 2.62. The average Bonchev–Trinajstić information content (AvgIpc) is 2.66. The maximum absolute atomic E-state index is 14.1. The van der Waals surface area contributed by atoms with Gasteiger partial charge >= 0.3 is 0 Å². The molecule has 1 saturated heterocycles. The lowest BCUT2D eigenvalue weighted by atomic mass is 10.1. The lowest BCUT2D eigenvalue weighted by Crippen LogP contribution is -2.41. The molecule has 0 saturated carbocycles. The molecule has 0 aromatic heterocycles. The van der Waals surface area contributed by atoms with Gasteiger partial charge in [-0.05, 0) is 11.6 Å². The molecule has 1 fully saturated rings. The Morgan fingerprint density at radius 1 is 1.78 bits per heavy atom. The number of aliphatic hydroxyl groups excluding tert-OH is 1. The molecular weight excluding hydrogens is 356 g/mol. The maximum atomic E-state index is 14.1. The number of ether oxygens (including phenoxy) is 1. The Labute approximate surface area is 116 Å². The minimum Gasteiger partial charge on any atom is -0.385 e. The van der Waals surface area contributed by atoms with Crippen LogP contribution in [0, 0.1) is 0 Å². The molecule has 0 spiro atoms. The second-order valence-corrected chi connectivity index (χ2v) is 4.66. The average molecular weight is 367 g/mol. The number of alkyl halides is 2. The molecule has 0 radical (unpaired) electrons. The molecule has 2 rings (SSSR count). The molecule has 0 amide bonds. The highest BCUT2D eigenvalue weighted by Crippen LogP contribution is 2.38. The highest BCUT2D eigenvalue weighted by atomic mass is 127. The first-order chi connectivity index (χ1) is 8.64. The van der Waals surface area contributed by atoms with Crippen LogP contribution < -0.4 is 0 Å². The number of aliphatic hydroxyl groups is 1. The van der Waals surface area contributed by atoms with Crippen LogP contribution >= 0.6 is 22.6 Å². The first-order valence-electron chi connectivity index (χ1n) is 5.19. The van der Waals surface area contributed by atoms with Gasteiger partial charge in [-0.2, -0.15) is 0 Å². The fraction of sp³-hybridized carbons (Fsp3) is 0.667. The highest BCUT2D eigenvalue weighted by Gasteiger charge is 2.56. The molecule has 4 atom stereocenters. The smallest absolute Gasteiger partial charge is 0.192 e. The minimum absolute atomic E-state index is 0.115. The SMILES string of the molecule is [N-]=[N+]=N[C@]1(CI)O[C@@H](N2C=CC=NC2)[C@H](O)[C@@H]1F. The van der Waals surface area contributed by atoms with Crippen molar-refractivity contribution in [2.45, 2.75) is 24.2 Å². The van der Waals surface area contributed by atoms with Crippen molar-refractivity contribution in [3.8, 4) is 0 Å². The van der Waals surface area contributed by atoms with Crippen LogP contribution in [0.15, 0.2) is 22.4 Å². The molecule has 98 valence electrons. The second kappa shape index (κ2) is 5.39. The summed E-state index contributed by atoms with van der Waals surface area (Å²) in [5.41, 5.74) is 6.84. The summed E-state index contributed by atoms with van der Waals surface area (Å²) in [4.78, 5) is 8.13. The Kier molecular flexibility index (Phi) is 4.05. The van der Waals surface area contributed by atoms with E-state index in [-0.39, 0.29) is 11.1 Å². The third kappa shape index (κ3) is 2.18. The van der Waals surface area contributed by atoms with Crippen molar-refractivity contribution in [1.82, 2.24) is 4.90 Å². The van der Waals surface area contributed by atoms with E-state index in [0.29, 0.717) is 0 Å². The number of halogens is 2. The largest absolute Gasteiger partial charge is 0.385 e. The second-order valence-electron chi connectivity index (χ2n) is 3.90. The van der Waals surface area contributed by atoms with Crippen LogP contribution in [0.2, 0.25) is 0 Å². The first-order valence-corrected chi connectivity index (χ1v) is 6.72. The normalized spacial score (nSPS) is 38.8. The van der Waals surface area contributed by atoms with E-state index < -0.39 is 24.2 Å². The third-order valence-electron chi connectivity index (χ3n) is 2.79. The van der Waals surface area contributed by atoms with Crippen molar-refractivity contribution in [1.29, 1.82) is 0 Å². The third-order valence-corrected chi connectivity index (χ3v) is 3.89. The van der Waals surface area contributed by atoms with Gasteiger partial charge in [0.25, 0.3) is 0 Å². The van der Waals surface area contributed by atoms with Crippen LogP contribution in [-0.2, 0) is 4.74 Å². The van der Waals surface area contributed by atoms with Gasteiger partial charge in [0.1, 0.15) is 12.8 Å². The molecule has 9 heteroatoms. The van der Waals surface area contributed by atoms with Crippen LogP contribution in [0.1, 0.15) is 0 Å². The van der Waals surface area contributed by atoms with Gasteiger partial charge in [0.05, 0.1) is 0 Å². The Morgan fingerprint density at radius 3 is 3.11 bits per heavy atom. The summed E-state index contributed by atoms with van der Waals surface area (Å²) in [6, 6.07) is 0. The Hall–Kier alpha value is -0.900. The lowest BCUT2D eigenvalue weighted by Gasteiger charge is -2.29. The van der Waals surface area contributed by atoms with Crippen molar-refractivity contribution in [3.63, 3.8) is 0 Å². The fourth-order valence-electron chi connectivity index (χ4n) is 1.87. The van der Waals surface area contributed by atoms with E-state index in [1.165, 1.54) is 0 Å². The van der Waals surface area contributed by atoms with Gasteiger partial charge in [0.15, 0.2) is 18.1 Å². The lowest BCUT2D eigenvalue weighted by molar-refractivity contribution is -0.101. The summed E-state index contributed by atoms with van der Waals surface area (Å²) in [7, 11) is 0. The summed E-state index contributed by atoms with van der Waals surface area (Å²) < 4.78 is 19.7. The van der Waals surface area contributed by atoms with Gasteiger partial charge in [-0.1, -0.05) is 27.7 Å². The molecule has 0 aromatic carbocycles. The first kappa shape index (κ1) is 13.5. The van der Waals surface area contributed by atoms with Gasteiger partial charge in [-0.25, -0.2) is 4.39 Å². The van der Waals surface area contributed by atoms with E-state index in [4.69, 9.17) is 10.3 Å². The quantitative estimate of drug-likeness (QED) is 0.268. The van der Waals surface area contributed by atoms with Crippen molar-refractivity contribution >= 4 is 28.8 Å². The molecule has 2 heterocycles. The van der Waals surface area contributed by atoms with E-state index in [9.17, 15) is 9.50 Å². The van der Waals surface area contributed by atoms with Crippen molar-refractivity contribution in [2.24, 2.45) is 10.1 Å². The summed E-state index contributed by atoms with van der Waals surface area (Å²) in [6.45, 7) is 0.262.